The number of hydrogen-bond acceptors (Lipinski definition) is 6. The van der Waals surface area contributed by atoms with Crippen LogP contribution in [0.1, 0.15) is 17.5 Å². The van der Waals surface area contributed by atoms with Gasteiger partial charge >= 0.3 is 0 Å². The maximum absolute atomic E-state index is 11.9. The highest BCUT2D eigenvalue weighted by Gasteiger charge is 2.07. The lowest BCUT2D eigenvalue weighted by Crippen LogP contribution is -2.31. The number of benzene rings is 2. The third kappa shape index (κ3) is 10.4. The number of ether oxygens (including phenoxy) is 2. The summed E-state index contributed by atoms with van der Waals surface area (Å²) in [6.07, 6.45) is 1.89. The van der Waals surface area contributed by atoms with Crippen molar-refractivity contribution in [3.63, 3.8) is 0 Å². The molecule has 2 rings (SSSR count). The Bertz CT molecular complexity index is 885. The van der Waals surface area contributed by atoms with Crippen LogP contribution in [0.2, 0.25) is 0 Å². The Labute approximate surface area is 187 Å². The molecule has 32 heavy (non-hydrogen) atoms. The monoisotopic (exact) mass is 440 g/mol. The minimum Gasteiger partial charge on any atom is -0.484 e. The zero-order chi connectivity index (χ0) is 23.0. The molecular weight excluding hydrogens is 412 g/mol. The van der Waals surface area contributed by atoms with E-state index in [2.05, 4.69) is 21.2 Å². The third-order valence-corrected chi connectivity index (χ3v) is 4.18. The van der Waals surface area contributed by atoms with E-state index in [1.807, 2.05) is 30.3 Å². The molecule has 0 bridgehead atoms. The van der Waals surface area contributed by atoms with Gasteiger partial charge in [0, 0.05) is 20.2 Å². The number of hydrazone groups is 1. The van der Waals surface area contributed by atoms with Crippen molar-refractivity contribution in [1.82, 2.24) is 16.1 Å². The number of hydrogen-bond donors (Lipinski definition) is 3. The van der Waals surface area contributed by atoms with E-state index in [4.69, 9.17) is 9.47 Å². The van der Waals surface area contributed by atoms with Crippen molar-refractivity contribution >= 4 is 23.9 Å². The summed E-state index contributed by atoms with van der Waals surface area (Å²) in [5.74, 6) is -0.576. The predicted molar refractivity (Wildman–Crippen MR) is 120 cm³/mol. The average Bonchev–Trinajstić information content (AvgIpc) is 2.79. The van der Waals surface area contributed by atoms with Crippen LogP contribution >= 0.6 is 0 Å². The minimum atomic E-state index is -0.519. The van der Waals surface area contributed by atoms with E-state index >= 15 is 0 Å². The first-order chi connectivity index (χ1) is 15.6. The molecule has 3 amide bonds. The van der Waals surface area contributed by atoms with Crippen LogP contribution < -0.4 is 20.8 Å². The molecule has 0 spiro atoms. The standard InChI is InChI=1S/C23H28N4O5/c1-31-14-13-25-21(28)15-22(29)27-26-16-19-7-9-20(10-8-19)32-17-23(30)24-12-11-18-5-3-2-4-6-18/h2-10,16H,11-15,17H2,1H3,(H,24,30)(H,25,28)(H,27,29)/b26-16+. The molecule has 2 aromatic carbocycles. The summed E-state index contributed by atoms with van der Waals surface area (Å²) in [6, 6.07) is 16.8. The van der Waals surface area contributed by atoms with Gasteiger partial charge in [-0.25, -0.2) is 5.43 Å². The van der Waals surface area contributed by atoms with E-state index in [0.717, 1.165) is 17.5 Å². The van der Waals surface area contributed by atoms with Crippen LogP contribution in [0.4, 0.5) is 0 Å². The molecule has 0 heterocycles. The van der Waals surface area contributed by atoms with Crippen LogP contribution in [-0.2, 0) is 25.5 Å². The average molecular weight is 441 g/mol. The van der Waals surface area contributed by atoms with Crippen LogP contribution in [0.15, 0.2) is 59.7 Å². The van der Waals surface area contributed by atoms with Gasteiger partial charge in [0.05, 0.1) is 12.8 Å². The van der Waals surface area contributed by atoms with Gasteiger partial charge in [0.15, 0.2) is 6.61 Å². The number of carbonyl (C=O) groups is 3. The zero-order valence-electron chi connectivity index (χ0n) is 18.0. The van der Waals surface area contributed by atoms with Crippen molar-refractivity contribution in [3.8, 4) is 5.75 Å². The molecule has 2 aromatic rings. The lowest BCUT2D eigenvalue weighted by atomic mass is 10.1. The molecule has 9 nitrogen and oxygen atoms in total. The SMILES string of the molecule is COCCNC(=O)CC(=O)N/N=C/c1ccc(OCC(=O)NCCc2ccccc2)cc1. The van der Waals surface area contributed by atoms with E-state index < -0.39 is 11.8 Å². The maximum Gasteiger partial charge on any atom is 0.257 e. The predicted octanol–water partition coefficient (Wildman–Crippen LogP) is 1.03. The Kier molecular flexibility index (Phi) is 11.0. The van der Waals surface area contributed by atoms with Gasteiger partial charge in [0.1, 0.15) is 12.2 Å². The summed E-state index contributed by atoms with van der Waals surface area (Å²) in [4.78, 5) is 35.1. The first-order valence-corrected chi connectivity index (χ1v) is 10.2. The van der Waals surface area contributed by atoms with Crippen LogP contribution in [0.25, 0.3) is 0 Å². The molecule has 3 N–H and O–H groups in total. The summed E-state index contributed by atoms with van der Waals surface area (Å²) >= 11 is 0. The normalized spacial score (nSPS) is 10.5. The van der Waals surface area contributed by atoms with Gasteiger partial charge in [-0.3, -0.25) is 14.4 Å². The summed E-state index contributed by atoms with van der Waals surface area (Å²) in [5.41, 5.74) is 4.17. The van der Waals surface area contributed by atoms with Crippen LogP contribution in [-0.4, -0.2) is 57.3 Å². The highest BCUT2D eigenvalue weighted by Crippen LogP contribution is 2.10. The summed E-state index contributed by atoms with van der Waals surface area (Å²) in [7, 11) is 1.53. The van der Waals surface area contributed by atoms with Crippen molar-refractivity contribution in [1.29, 1.82) is 0 Å². The topological polar surface area (TPSA) is 118 Å². The van der Waals surface area contributed by atoms with E-state index in [0.29, 0.717) is 25.4 Å². The smallest absolute Gasteiger partial charge is 0.257 e. The Morgan fingerprint density at radius 3 is 2.34 bits per heavy atom. The first-order valence-electron chi connectivity index (χ1n) is 10.2. The Hall–Kier alpha value is -3.72. The molecule has 9 heteroatoms. The number of amides is 3. The second kappa shape index (κ2) is 14.3. The Balaban J connectivity index is 1.64. The number of nitrogens with zero attached hydrogens (tertiary/aromatic N) is 1. The number of methoxy groups -OCH3 is 1. The van der Waals surface area contributed by atoms with Crippen LogP contribution in [0, 0.1) is 0 Å². The fourth-order valence-corrected chi connectivity index (χ4v) is 2.56. The number of carbonyl (C=O) groups excluding carboxylic acids is 3. The van der Waals surface area contributed by atoms with E-state index in [-0.39, 0.29) is 18.9 Å². The molecule has 0 unspecified atom stereocenters. The molecule has 0 aromatic heterocycles. The molecule has 0 atom stereocenters. The Morgan fingerprint density at radius 2 is 1.62 bits per heavy atom. The van der Waals surface area contributed by atoms with Crippen LogP contribution in [0.3, 0.4) is 0 Å². The van der Waals surface area contributed by atoms with Crippen molar-refractivity contribution in [2.75, 3.05) is 33.4 Å². The molecule has 170 valence electrons. The summed E-state index contributed by atoms with van der Waals surface area (Å²) < 4.78 is 10.3. The molecule has 0 fully saturated rings. The van der Waals surface area contributed by atoms with Gasteiger partial charge in [0.25, 0.3) is 5.91 Å². The van der Waals surface area contributed by atoms with E-state index in [9.17, 15) is 14.4 Å². The van der Waals surface area contributed by atoms with E-state index in [1.54, 1.807) is 24.3 Å². The molecular formula is C23H28N4O5. The highest BCUT2D eigenvalue weighted by molar-refractivity contribution is 5.97. The molecule has 0 saturated carbocycles. The number of nitrogens with one attached hydrogen (secondary N) is 3. The molecule has 0 aliphatic rings. The molecule has 0 aliphatic carbocycles. The second-order valence-electron chi connectivity index (χ2n) is 6.76. The van der Waals surface area contributed by atoms with Crippen molar-refractivity contribution < 1.29 is 23.9 Å². The lowest BCUT2D eigenvalue weighted by molar-refractivity contribution is -0.129. The Morgan fingerprint density at radius 1 is 0.906 bits per heavy atom. The van der Waals surface area contributed by atoms with Gasteiger partial charge < -0.3 is 20.1 Å². The van der Waals surface area contributed by atoms with Crippen molar-refractivity contribution in [2.24, 2.45) is 5.10 Å². The maximum atomic E-state index is 11.9. The van der Waals surface area contributed by atoms with Gasteiger partial charge in [0.2, 0.25) is 11.8 Å². The summed E-state index contributed by atoms with van der Waals surface area (Å²) in [5, 5.41) is 9.19. The second-order valence-corrected chi connectivity index (χ2v) is 6.76. The molecule has 0 aliphatic heterocycles. The largest absolute Gasteiger partial charge is 0.484 e. The summed E-state index contributed by atoms with van der Waals surface area (Å²) in [6.45, 7) is 1.19. The van der Waals surface area contributed by atoms with Gasteiger partial charge in [-0.1, -0.05) is 30.3 Å². The molecule has 0 radical (unpaired) electrons. The lowest BCUT2D eigenvalue weighted by Gasteiger charge is -2.08. The minimum absolute atomic E-state index is 0.0786. The van der Waals surface area contributed by atoms with E-state index in [1.165, 1.54) is 13.3 Å². The fourth-order valence-electron chi connectivity index (χ4n) is 2.56. The first kappa shape index (κ1) is 24.5. The van der Waals surface area contributed by atoms with Gasteiger partial charge in [-0.15, -0.1) is 0 Å². The van der Waals surface area contributed by atoms with Crippen molar-refractivity contribution in [3.05, 3.63) is 65.7 Å². The fraction of sp³-hybridized carbons (Fsp3) is 0.304. The van der Waals surface area contributed by atoms with Gasteiger partial charge in [-0.2, -0.15) is 5.10 Å². The zero-order valence-corrected chi connectivity index (χ0v) is 18.0. The van der Waals surface area contributed by atoms with Crippen molar-refractivity contribution in [2.45, 2.75) is 12.8 Å². The number of rotatable bonds is 13. The van der Waals surface area contributed by atoms with Crippen LogP contribution in [0.5, 0.6) is 5.75 Å². The quantitative estimate of drug-likeness (QED) is 0.186. The molecule has 0 saturated heterocycles. The highest BCUT2D eigenvalue weighted by atomic mass is 16.5. The van der Waals surface area contributed by atoms with Gasteiger partial charge in [-0.05, 0) is 41.8 Å². The third-order valence-electron chi connectivity index (χ3n) is 4.18.